The van der Waals surface area contributed by atoms with E-state index in [1.807, 2.05) is 13.8 Å². The molecule has 2 rings (SSSR count). The first kappa shape index (κ1) is 9.97. The lowest BCUT2D eigenvalue weighted by molar-refractivity contribution is -0.144. The number of aliphatic hydroxyl groups is 1. The molecule has 0 aromatic heterocycles. The molecule has 0 radical (unpaired) electrons. The van der Waals surface area contributed by atoms with Crippen LogP contribution in [0.2, 0.25) is 0 Å². The Balaban J connectivity index is 2.43. The molecule has 2 saturated carbocycles. The standard InChI is InChI=1S/C11H18O3/c1-10(2)6-4-5-7(11(10,3)14)8(6)9(12)13/h6-8,14H,4-5H2,1-3H3,(H,12,13). The van der Waals surface area contributed by atoms with Crippen LogP contribution in [0.4, 0.5) is 0 Å². The lowest BCUT2D eigenvalue weighted by atomic mass is 9.66. The second-order valence-electron chi connectivity index (χ2n) is 5.52. The fraction of sp³-hybridized carbons (Fsp3) is 0.909. The molecule has 0 aromatic rings. The Hall–Kier alpha value is -0.570. The van der Waals surface area contributed by atoms with E-state index in [4.69, 9.17) is 5.11 Å². The van der Waals surface area contributed by atoms with Gasteiger partial charge in [-0.15, -0.1) is 0 Å². The Kier molecular flexibility index (Phi) is 1.79. The Morgan fingerprint density at radius 3 is 2.00 bits per heavy atom. The van der Waals surface area contributed by atoms with E-state index in [2.05, 4.69) is 0 Å². The topological polar surface area (TPSA) is 57.5 Å². The molecule has 4 atom stereocenters. The fourth-order valence-electron chi connectivity index (χ4n) is 3.64. The van der Waals surface area contributed by atoms with Crippen LogP contribution in [0.3, 0.4) is 0 Å². The average Bonchev–Trinajstić information content (AvgIpc) is 2.50. The van der Waals surface area contributed by atoms with Crippen LogP contribution in [-0.4, -0.2) is 21.8 Å². The molecule has 0 heterocycles. The van der Waals surface area contributed by atoms with Crippen molar-refractivity contribution >= 4 is 5.97 Å². The van der Waals surface area contributed by atoms with E-state index in [1.54, 1.807) is 6.92 Å². The van der Waals surface area contributed by atoms with Crippen molar-refractivity contribution in [3.8, 4) is 0 Å². The van der Waals surface area contributed by atoms with E-state index in [9.17, 15) is 9.90 Å². The minimum absolute atomic E-state index is 0.0556. The largest absolute Gasteiger partial charge is 0.481 e. The van der Waals surface area contributed by atoms with Gasteiger partial charge in [-0.2, -0.15) is 0 Å². The van der Waals surface area contributed by atoms with E-state index < -0.39 is 11.6 Å². The van der Waals surface area contributed by atoms with Crippen LogP contribution >= 0.6 is 0 Å². The van der Waals surface area contributed by atoms with E-state index >= 15 is 0 Å². The molecule has 2 fully saturated rings. The molecule has 0 aliphatic heterocycles. The highest BCUT2D eigenvalue weighted by atomic mass is 16.4. The van der Waals surface area contributed by atoms with Crippen molar-refractivity contribution in [1.82, 2.24) is 0 Å². The van der Waals surface area contributed by atoms with Gasteiger partial charge in [-0.25, -0.2) is 0 Å². The number of fused-ring (bicyclic) bond motifs is 2. The summed E-state index contributed by atoms with van der Waals surface area (Å²) in [5, 5.41) is 19.5. The van der Waals surface area contributed by atoms with Crippen LogP contribution in [0.15, 0.2) is 0 Å². The summed E-state index contributed by atoms with van der Waals surface area (Å²) in [6.45, 7) is 5.78. The van der Waals surface area contributed by atoms with Gasteiger partial charge < -0.3 is 10.2 Å². The Morgan fingerprint density at radius 2 is 1.71 bits per heavy atom. The van der Waals surface area contributed by atoms with Gasteiger partial charge in [0.2, 0.25) is 0 Å². The summed E-state index contributed by atoms with van der Waals surface area (Å²) >= 11 is 0. The molecule has 0 amide bonds. The summed E-state index contributed by atoms with van der Waals surface area (Å²) < 4.78 is 0. The smallest absolute Gasteiger partial charge is 0.307 e. The summed E-state index contributed by atoms with van der Waals surface area (Å²) in [7, 11) is 0. The summed E-state index contributed by atoms with van der Waals surface area (Å²) in [4.78, 5) is 11.1. The highest BCUT2D eigenvalue weighted by Crippen LogP contribution is 2.64. The minimum atomic E-state index is -0.820. The number of carboxylic acids is 1. The third kappa shape index (κ3) is 0.888. The monoisotopic (exact) mass is 198 g/mol. The van der Waals surface area contributed by atoms with Gasteiger partial charge in [-0.1, -0.05) is 13.8 Å². The van der Waals surface area contributed by atoms with E-state index in [1.165, 1.54) is 0 Å². The number of hydrogen-bond acceptors (Lipinski definition) is 2. The van der Waals surface area contributed by atoms with E-state index in [0.29, 0.717) is 0 Å². The molecular weight excluding hydrogens is 180 g/mol. The second kappa shape index (κ2) is 2.51. The molecule has 2 N–H and O–H groups in total. The lowest BCUT2D eigenvalue weighted by Gasteiger charge is -2.43. The average molecular weight is 198 g/mol. The molecule has 2 aliphatic carbocycles. The van der Waals surface area contributed by atoms with Crippen molar-refractivity contribution in [3.63, 3.8) is 0 Å². The summed E-state index contributed by atoms with van der Waals surface area (Å²) in [5.74, 6) is -0.983. The molecular formula is C11H18O3. The third-order valence-electron chi connectivity index (χ3n) is 4.89. The van der Waals surface area contributed by atoms with Crippen molar-refractivity contribution in [3.05, 3.63) is 0 Å². The highest BCUT2D eigenvalue weighted by Gasteiger charge is 2.66. The van der Waals surface area contributed by atoms with Crippen molar-refractivity contribution < 1.29 is 15.0 Å². The molecule has 2 bridgehead atoms. The van der Waals surface area contributed by atoms with Crippen LogP contribution in [0.25, 0.3) is 0 Å². The highest BCUT2D eigenvalue weighted by molar-refractivity contribution is 5.72. The SMILES string of the molecule is CC1(C)C2CCC(C2C(=O)O)C1(C)O. The first-order chi connectivity index (χ1) is 6.30. The predicted molar refractivity (Wildman–Crippen MR) is 51.7 cm³/mol. The van der Waals surface area contributed by atoms with Crippen LogP contribution < -0.4 is 0 Å². The molecule has 80 valence electrons. The zero-order valence-corrected chi connectivity index (χ0v) is 8.95. The van der Waals surface area contributed by atoms with Crippen LogP contribution in [-0.2, 0) is 4.79 Å². The zero-order chi connectivity index (χ0) is 10.7. The van der Waals surface area contributed by atoms with E-state index in [-0.39, 0.29) is 23.2 Å². The van der Waals surface area contributed by atoms with Crippen molar-refractivity contribution in [2.75, 3.05) is 0 Å². The van der Waals surface area contributed by atoms with Gasteiger partial charge in [0.25, 0.3) is 0 Å². The first-order valence-corrected chi connectivity index (χ1v) is 5.25. The summed E-state index contributed by atoms with van der Waals surface area (Å²) in [6.07, 6.45) is 1.81. The molecule has 0 spiro atoms. The molecule has 3 heteroatoms. The molecule has 14 heavy (non-hydrogen) atoms. The zero-order valence-electron chi connectivity index (χ0n) is 8.95. The summed E-state index contributed by atoms with van der Waals surface area (Å²) in [5.41, 5.74) is -1.09. The van der Waals surface area contributed by atoms with Crippen LogP contribution in [0.5, 0.6) is 0 Å². The van der Waals surface area contributed by atoms with Crippen molar-refractivity contribution in [1.29, 1.82) is 0 Å². The molecule has 3 nitrogen and oxygen atoms in total. The lowest BCUT2D eigenvalue weighted by Crippen LogP contribution is -2.46. The maximum absolute atomic E-state index is 11.1. The number of carboxylic acid groups (broad SMARTS) is 1. The minimum Gasteiger partial charge on any atom is -0.481 e. The van der Waals surface area contributed by atoms with Crippen molar-refractivity contribution in [2.45, 2.75) is 39.2 Å². The number of hydrogen-bond donors (Lipinski definition) is 2. The quantitative estimate of drug-likeness (QED) is 0.671. The van der Waals surface area contributed by atoms with Crippen LogP contribution in [0, 0.1) is 23.2 Å². The second-order valence-corrected chi connectivity index (χ2v) is 5.52. The van der Waals surface area contributed by atoms with Gasteiger partial charge in [0.05, 0.1) is 11.5 Å². The number of carbonyl (C=O) groups is 1. The molecule has 2 aliphatic rings. The Bertz CT molecular complexity index is 258. The molecule has 0 aromatic carbocycles. The van der Waals surface area contributed by atoms with E-state index in [0.717, 1.165) is 12.8 Å². The third-order valence-corrected chi connectivity index (χ3v) is 4.89. The van der Waals surface area contributed by atoms with Gasteiger partial charge in [0, 0.05) is 5.92 Å². The normalized spacial score (nSPS) is 49.6. The predicted octanol–water partition coefficient (Wildman–Crippen LogP) is 1.50. The van der Waals surface area contributed by atoms with Gasteiger partial charge in [0.1, 0.15) is 0 Å². The Morgan fingerprint density at radius 1 is 1.21 bits per heavy atom. The molecule has 0 saturated heterocycles. The number of rotatable bonds is 1. The Labute approximate surface area is 84.1 Å². The first-order valence-electron chi connectivity index (χ1n) is 5.25. The number of aliphatic carboxylic acids is 1. The fourth-order valence-corrected chi connectivity index (χ4v) is 3.64. The van der Waals surface area contributed by atoms with Crippen molar-refractivity contribution in [2.24, 2.45) is 23.2 Å². The van der Waals surface area contributed by atoms with Gasteiger partial charge in [-0.3, -0.25) is 4.79 Å². The maximum atomic E-state index is 11.1. The van der Waals surface area contributed by atoms with Crippen LogP contribution in [0.1, 0.15) is 33.6 Å². The molecule has 4 unspecified atom stereocenters. The van der Waals surface area contributed by atoms with Gasteiger partial charge in [0.15, 0.2) is 0 Å². The summed E-state index contributed by atoms with van der Waals surface area (Å²) in [6, 6.07) is 0. The van der Waals surface area contributed by atoms with Gasteiger partial charge in [-0.05, 0) is 31.1 Å². The maximum Gasteiger partial charge on any atom is 0.307 e. The van der Waals surface area contributed by atoms with Gasteiger partial charge >= 0.3 is 5.97 Å².